The number of hydrogen-bond acceptors (Lipinski definition) is 4. The molecule has 0 radical (unpaired) electrons. The number of ether oxygens (including phenoxy) is 1. The maximum Gasteiger partial charge on any atom is 0.152 e. The molecule has 106 valence electrons. The van der Waals surface area contributed by atoms with Gasteiger partial charge in [-0.15, -0.1) is 0 Å². The maximum absolute atomic E-state index is 11.7. The van der Waals surface area contributed by atoms with Crippen molar-refractivity contribution in [3.05, 3.63) is 22.7 Å². The molecule has 2 unspecified atom stereocenters. The topological polar surface area (TPSA) is 55.4 Å². The smallest absolute Gasteiger partial charge is 0.152 e. The molecule has 1 aromatic carbocycles. The molecule has 0 amide bonds. The number of anilines is 1. The Bertz CT molecular complexity index is 559. The summed E-state index contributed by atoms with van der Waals surface area (Å²) in [4.78, 5) is 0. The number of hydrogen-bond donors (Lipinski definition) is 1. The van der Waals surface area contributed by atoms with E-state index in [2.05, 4.69) is 21.2 Å². The van der Waals surface area contributed by atoms with Crippen LogP contribution in [0.2, 0.25) is 0 Å². The Hall–Kier alpha value is -0.750. The van der Waals surface area contributed by atoms with Gasteiger partial charge in [-0.25, -0.2) is 8.42 Å². The summed E-state index contributed by atoms with van der Waals surface area (Å²) in [7, 11) is -1.38. The third-order valence-corrected chi connectivity index (χ3v) is 5.79. The van der Waals surface area contributed by atoms with Crippen molar-refractivity contribution in [2.24, 2.45) is 0 Å². The number of methoxy groups -OCH3 is 1. The lowest BCUT2D eigenvalue weighted by Gasteiger charge is -2.21. The van der Waals surface area contributed by atoms with Crippen LogP contribution in [0.4, 0.5) is 5.69 Å². The highest BCUT2D eigenvalue weighted by molar-refractivity contribution is 9.10. The summed E-state index contributed by atoms with van der Waals surface area (Å²) in [5.41, 5.74) is 0.910. The summed E-state index contributed by atoms with van der Waals surface area (Å²) in [6.45, 7) is 0. The Morgan fingerprint density at radius 2 is 2.11 bits per heavy atom. The van der Waals surface area contributed by atoms with Crippen LogP contribution in [0, 0.1) is 0 Å². The van der Waals surface area contributed by atoms with E-state index < -0.39 is 9.84 Å². The maximum atomic E-state index is 11.7. The lowest BCUT2D eigenvalue weighted by Crippen LogP contribution is -2.34. The zero-order valence-electron chi connectivity index (χ0n) is 11.0. The van der Waals surface area contributed by atoms with Crippen molar-refractivity contribution in [2.75, 3.05) is 18.7 Å². The van der Waals surface area contributed by atoms with Crippen LogP contribution in [0.3, 0.4) is 0 Å². The van der Waals surface area contributed by atoms with Gasteiger partial charge < -0.3 is 10.1 Å². The van der Waals surface area contributed by atoms with Crippen LogP contribution in [-0.4, -0.2) is 33.1 Å². The summed E-state index contributed by atoms with van der Waals surface area (Å²) in [5.74, 6) is 0.761. The first kappa shape index (κ1) is 14.7. The van der Waals surface area contributed by atoms with Gasteiger partial charge in [0.1, 0.15) is 5.75 Å². The molecule has 6 heteroatoms. The Morgan fingerprint density at radius 1 is 1.37 bits per heavy atom. The molecule has 0 aromatic heterocycles. The Morgan fingerprint density at radius 3 is 2.68 bits per heavy atom. The first-order chi connectivity index (χ1) is 8.91. The number of benzene rings is 1. The number of sulfone groups is 1. The minimum absolute atomic E-state index is 0.00436. The molecule has 19 heavy (non-hydrogen) atoms. The number of nitrogens with one attached hydrogen (secondary N) is 1. The number of halogens is 1. The predicted octanol–water partition coefficient (Wildman–Crippen LogP) is 2.84. The monoisotopic (exact) mass is 347 g/mol. The van der Waals surface area contributed by atoms with Crippen molar-refractivity contribution in [3.8, 4) is 5.75 Å². The van der Waals surface area contributed by atoms with Gasteiger partial charge in [0.05, 0.1) is 16.8 Å². The van der Waals surface area contributed by atoms with E-state index in [0.717, 1.165) is 35.2 Å². The molecule has 0 aliphatic heterocycles. The van der Waals surface area contributed by atoms with Crippen molar-refractivity contribution in [1.82, 2.24) is 0 Å². The second kappa shape index (κ2) is 5.71. The van der Waals surface area contributed by atoms with Gasteiger partial charge in [0, 0.05) is 18.0 Å². The fraction of sp³-hybridized carbons (Fsp3) is 0.538. The molecule has 0 spiro atoms. The molecule has 0 bridgehead atoms. The molecular formula is C13H18BrNO3S. The minimum Gasteiger partial charge on any atom is -0.496 e. The van der Waals surface area contributed by atoms with Gasteiger partial charge in [0.15, 0.2) is 9.84 Å². The first-order valence-electron chi connectivity index (χ1n) is 6.21. The fourth-order valence-electron chi connectivity index (χ4n) is 2.57. The first-order valence-corrected chi connectivity index (χ1v) is 8.95. The van der Waals surface area contributed by atoms with E-state index in [1.807, 2.05) is 18.2 Å². The van der Waals surface area contributed by atoms with Crippen LogP contribution in [0.5, 0.6) is 5.75 Å². The van der Waals surface area contributed by atoms with Crippen LogP contribution in [0.25, 0.3) is 0 Å². The van der Waals surface area contributed by atoms with E-state index >= 15 is 0 Å². The Balaban J connectivity index is 2.15. The van der Waals surface area contributed by atoms with Crippen molar-refractivity contribution >= 4 is 31.5 Å². The standard InChI is InChI=1S/C13H18BrNO3S/c1-18-12-7-6-9(8-10(12)14)15-11-4-3-5-13(11)19(2,16)17/h6-8,11,13,15H,3-5H2,1-2H3. The summed E-state index contributed by atoms with van der Waals surface area (Å²) in [6, 6.07) is 5.67. The molecule has 0 heterocycles. The zero-order valence-corrected chi connectivity index (χ0v) is 13.4. The van der Waals surface area contributed by atoms with Crippen molar-refractivity contribution < 1.29 is 13.2 Å². The van der Waals surface area contributed by atoms with Gasteiger partial charge in [-0.1, -0.05) is 0 Å². The highest BCUT2D eigenvalue weighted by Crippen LogP contribution is 2.31. The molecule has 2 atom stereocenters. The molecule has 1 fully saturated rings. The van der Waals surface area contributed by atoms with Crippen LogP contribution >= 0.6 is 15.9 Å². The molecule has 1 saturated carbocycles. The van der Waals surface area contributed by atoms with E-state index in [0.29, 0.717) is 0 Å². The highest BCUT2D eigenvalue weighted by Gasteiger charge is 2.34. The molecule has 1 aliphatic carbocycles. The Kier molecular flexibility index (Phi) is 4.40. The van der Waals surface area contributed by atoms with E-state index in [1.165, 1.54) is 6.26 Å². The van der Waals surface area contributed by atoms with Gasteiger partial charge >= 0.3 is 0 Å². The van der Waals surface area contributed by atoms with Gasteiger partial charge in [0.2, 0.25) is 0 Å². The number of rotatable bonds is 4. The van der Waals surface area contributed by atoms with E-state index in [1.54, 1.807) is 7.11 Å². The fourth-order valence-corrected chi connectivity index (χ4v) is 4.51. The average molecular weight is 348 g/mol. The quantitative estimate of drug-likeness (QED) is 0.909. The highest BCUT2D eigenvalue weighted by atomic mass is 79.9. The second-order valence-electron chi connectivity index (χ2n) is 4.90. The normalized spacial score (nSPS) is 23.3. The van der Waals surface area contributed by atoms with Gasteiger partial charge in [-0.2, -0.15) is 0 Å². The van der Waals surface area contributed by atoms with E-state index in [9.17, 15) is 8.42 Å². The van der Waals surface area contributed by atoms with Gasteiger partial charge in [-0.05, 0) is 53.4 Å². The summed E-state index contributed by atoms with van der Waals surface area (Å²) in [5, 5.41) is 3.04. The molecule has 1 N–H and O–H groups in total. The lowest BCUT2D eigenvalue weighted by atomic mass is 10.2. The van der Waals surface area contributed by atoms with Crippen molar-refractivity contribution in [3.63, 3.8) is 0 Å². The zero-order chi connectivity index (χ0) is 14.0. The van der Waals surface area contributed by atoms with Gasteiger partial charge in [-0.3, -0.25) is 0 Å². The average Bonchev–Trinajstić information content (AvgIpc) is 2.77. The lowest BCUT2D eigenvalue weighted by molar-refractivity contribution is 0.412. The van der Waals surface area contributed by atoms with Crippen LogP contribution in [0.15, 0.2) is 22.7 Å². The van der Waals surface area contributed by atoms with Crippen LogP contribution in [-0.2, 0) is 9.84 Å². The molecule has 4 nitrogen and oxygen atoms in total. The Labute approximate surface area is 122 Å². The summed E-state index contributed by atoms with van der Waals surface area (Å²) in [6.07, 6.45) is 3.91. The second-order valence-corrected chi connectivity index (χ2v) is 8.02. The summed E-state index contributed by atoms with van der Waals surface area (Å²) >= 11 is 3.43. The summed E-state index contributed by atoms with van der Waals surface area (Å²) < 4.78 is 29.5. The minimum atomic E-state index is -2.99. The molecule has 2 rings (SSSR count). The van der Waals surface area contributed by atoms with Gasteiger partial charge in [0.25, 0.3) is 0 Å². The molecule has 1 aromatic rings. The third-order valence-electron chi connectivity index (χ3n) is 3.51. The predicted molar refractivity (Wildman–Crippen MR) is 80.6 cm³/mol. The van der Waals surface area contributed by atoms with E-state index in [4.69, 9.17) is 4.74 Å². The molecular weight excluding hydrogens is 330 g/mol. The third kappa shape index (κ3) is 3.42. The van der Waals surface area contributed by atoms with Crippen molar-refractivity contribution in [1.29, 1.82) is 0 Å². The molecule has 1 aliphatic rings. The molecule has 0 saturated heterocycles. The van der Waals surface area contributed by atoms with Crippen LogP contribution < -0.4 is 10.1 Å². The largest absolute Gasteiger partial charge is 0.496 e. The SMILES string of the molecule is COc1ccc(NC2CCCC2S(C)(=O)=O)cc1Br. The van der Waals surface area contributed by atoms with E-state index in [-0.39, 0.29) is 11.3 Å². The van der Waals surface area contributed by atoms with Crippen LogP contribution in [0.1, 0.15) is 19.3 Å². The van der Waals surface area contributed by atoms with Crippen molar-refractivity contribution in [2.45, 2.75) is 30.6 Å².